The number of aryl methyl sites for hydroxylation is 1. The number of urea groups is 1. The van der Waals surface area contributed by atoms with Crippen LogP contribution in [0.5, 0.6) is 5.75 Å². The maximum atomic E-state index is 12.8. The highest BCUT2D eigenvalue weighted by Gasteiger charge is 2.16. The number of nitrogens with zero attached hydrogens (tertiary/aromatic N) is 1. The molecule has 0 aromatic heterocycles. The van der Waals surface area contributed by atoms with Crippen molar-refractivity contribution in [3.8, 4) is 5.75 Å². The smallest absolute Gasteiger partial charge is 0.322 e. The summed E-state index contributed by atoms with van der Waals surface area (Å²) in [6, 6.07) is 14.3. The summed E-state index contributed by atoms with van der Waals surface area (Å²) in [5, 5.41) is 2.93. The Labute approximate surface area is 167 Å². The fourth-order valence-corrected chi connectivity index (χ4v) is 3.23. The quantitative estimate of drug-likeness (QED) is 0.667. The van der Waals surface area contributed by atoms with E-state index in [4.69, 9.17) is 4.18 Å². The van der Waals surface area contributed by atoms with Crippen molar-refractivity contribution in [3.05, 3.63) is 59.7 Å². The molecule has 0 saturated carbocycles. The van der Waals surface area contributed by atoms with Crippen LogP contribution in [0.3, 0.4) is 0 Å². The Balaban J connectivity index is 2.14. The minimum Gasteiger partial charge on any atom is -0.383 e. The zero-order valence-electron chi connectivity index (χ0n) is 16.8. The molecule has 0 aliphatic heterocycles. The van der Waals surface area contributed by atoms with E-state index in [9.17, 15) is 13.2 Å². The van der Waals surface area contributed by atoms with Gasteiger partial charge in [0.1, 0.15) is 5.75 Å². The van der Waals surface area contributed by atoms with Crippen LogP contribution in [0.2, 0.25) is 0 Å². The lowest BCUT2D eigenvalue weighted by molar-refractivity contribution is 0.201. The SMILES string of the molecule is CCc1ccc(NC(=O)N(Cc2cccc(OS(C)(=O)=O)c2)CC(C)C)cc1. The number of hydrogen-bond donors (Lipinski definition) is 1. The van der Waals surface area contributed by atoms with Crippen LogP contribution in [0.25, 0.3) is 0 Å². The first kappa shape index (κ1) is 21.8. The van der Waals surface area contributed by atoms with Crippen LogP contribution in [0, 0.1) is 5.92 Å². The molecule has 0 aliphatic rings. The number of amides is 2. The maximum Gasteiger partial charge on any atom is 0.322 e. The number of anilines is 1. The molecule has 0 saturated heterocycles. The molecule has 0 aliphatic carbocycles. The van der Waals surface area contributed by atoms with Gasteiger partial charge in [0, 0.05) is 18.8 Å². The van der Waals surface area contributed by atoms with Gasteiger partial charge in [-0.15, -0.1) is 0 Å². The molecule has 0 radical (unpaired) electrons. The summed E-state index contributed by atoms with van der Waals surface area (Å²) in [5.41, 5.74) is 2.74. The summed E-state index contributed by atoms with van der Waals surface area (Å²) in [6.07, 6.45) is 1.95. The molecule has 28 heavy (non-hydrogen) atoms. The molecule has 6 nitrogen and oxygen atoms in total. The Hall–Kier alpha value is -2.54. The third kappa shape index (κ3) is 7.23. The lowest BCUT2D eigenvalue weighted by Gasteiger charge is -2.25. The van der Waals surface area contributed by atoms with Gasteiger partial charge in [0.15, 0.2) is 0 Å². The van der Waals surface area contributed by atoms with Crippen molar-refractivity contribution in [3.63, 3.8) is 0 Å². The molecule has 1 N–H and O–H groups in total. The molecule has 0 bridgehead atoms. The first-order chi connectivity index (χ1) is 13.2. The maximum absolute atomic E-state index is 12.8. The molecule has 0 atom stereocenters. The Morgan fingerprint density at radius 2 is 1.79 bits per heavy atom. The van der Waals surface area contributed by atoms with Crippen LogP contribution in [0.1, 0.15) is 31.9 Å². The van der Waals surface area contributed by atoms with E-state index in [1.54, 1.807) is 23.1 Å². The third-order valence-corrected chi connectivity index (χ3v) is 4.50. The molecule has 2 amide bonds. The van der Waals surface area contributed by atoms with Gasteiger partial charge >= 0.3 is 16.1 Å². The van der Waals surface area contributed by atoms with Gasteiger partial charge in [-0.25, -0.2) is 4.79 Å². The van der Waals surface area contributed by atoms with Gasteiger partial charge < -0.3 is 14.4 Å². The lowest BCUT2D eigenvalue weighted by Crippen LogP contribution is -2.37. The summed E-state index contributed by atoms with van der Waals surface area (Å²) < 4.78 is 27.6. The molecule has 0 spiro atoms. The number of carbonyl (C=O) groups is 1. The topological polar surface area (TPSA) is 75.7 Å². The molecule has 0 heterocycles. The highest BCUT2D eigenvalue weighted by atomic mass is 32.2. The van der Waals surface area contributed by atoms with Gasteiger partial charge in [0.2, 0.25) is 0 Å². The van der Waals surface area contributed by atoms with Crippen LogP contribution in [0.4, 0.5) is 10.5 Å². The first-order valence-electron chi connectivity index (χ1n) is 9.29. The molecular weight excluding hydrogens is 376 g/mol. The van der Waals surface area contributed by atoms with Crippen molar-refractivity contribution in [2.45, 2.75) is 33.7 Å². The number of nitrogens with one attached hydrogen (secondary N) is 1. The third-order valence-electron chi connectivity index (χ3n) is 4.01. The molecule has 2 aromatic rings. The minimum atomic E-state index is -3.60. The summed E-state index contributed by atoms with van der Waals surface area (Å²) in [4.78, 5) is 14.5. The van der Waals surface area contributed by atoms with Crippen molar-refractivity contribution in [2.24, 2.45) is 5.92 Å². The van der Waals surface area contributed by atoms with Gasteiger partial charge in [0.05, 0.1) is 6.26 Å². The number of rotatable bonds is 8. The van der Waals surface area contributed by atoms with Crippen LogP contribution in [0.15, 0.2) is 48.5 Å². The van der Waals surface area contributed by atoms with Crippen LogP contribution >= 0.6 is 0 Å². The van der Waals surface area contributed by atoms with E-state index >= 15 is 0 Å². The Kier molecular flexibility index (Phi) is 7.45. The van der Waals surface area contributed by atoms with E-state index in [1.807, 2.05) is 44.2 Å². The van der Waals surface area contributed by atoms with Crippen LogP contribution in [-0.4, -0.2) is 32.1 Å². The second-order valence-corrected chi connectivity index (χ2v) is 8.76. The van der Waals surface area contributed by atoms with Crippen molar-refractivity contribution in [1.29, 1.82) is 0 Å². The van der Waals surface area contributed by atoms with E-state index in [-0.39, 0.29) is 17.7 Å². The largest absolute Gasteiger partial charge is 0.383 e. The Bertz CT molecular complexity index is 893. The number of hydrogen-bond acceptors (Lipinski definition) is 4. The predicted molar refractivity (Wildman–Crippen MR) is 112 cm³/mol. The van der Waals surface area contributed by atoms with E-state index in [0.29, 0.717) is 13.1 Å². The lowest BCUT2D eigenvalue weighted by atomic mass is 10.1. The average molecular weight is 405 g/mol. The summed E-state index contributed by atoms with van der Waals surface area (Å²) >= 11 is 0. The Morgan fingerprint density at radius 3 is 2.36 bits per heavy atom. The summed E-state index contributed by atoms with van der Waals surface area (Å²) in [7, 11) is -3.60. The summed E-state index contributed by atoms with van der Waals surface area (Å²) in [5.74, 6) is 0.517. The molecule has 0 fully saturated rings. The van der Waals surface area contributed by atoms with E-state index in [1.165, 1.54) is 5.56 Å². The molecule has 2 rings (SSSR count). The molecule has 2 aromatic carbocycles. The fraction of sp³-hybridized carbons (Fsp3) is 0.381. The number of carbonyl (C=O) groups excluding carboxylic acids is 1. The second-order valence-electron chi connectivity index (χ2n) is 7.19. The van der Waals surface area contributed by atoms with E-state index < -0.39 is 10.1 Å². The first-order valence-corrected chi connectivity index (χ1v) is 11.1. The predicted octanol–water partition coefficient (Wildman–Crippen LogP) is 4.28. The van der Waals surface area contributed by atoms with Crippen molar-refractivity contribution < 1.29 is 17.4 Å². The standard InChI is InChI=1S/C21H28N2O4S/c1-5-17-9-11-19(12-10-17)22-21(24)23(14-16(2)3)15-18-7-6-8-20(13-18)27-28(4,25)26/h6-13,16H,5,14-15H2,1-4H3,(H,22,24). The summed E-state index contributed by atoms with van der Waals surface area (Å²) in [6.45, 7) is 7.08. The zero-order chi connectivity index (χ0) is 20.7. The van der Waals surface area contributed by atoms with Gasteiger partial charge in [0.25, 0.3) is 0 Å². The van der Waals surface area contributed by atoms with Crippen LogP contribution < -0.4 is 9.50 Å². The highest BCUT2D eigenvalue weighted by molar-refractivity contribution is 7.86. The van der Waals surface area contributed by atoms with Gasteiger partial charge in [-0.2, -0.15) is 8.42 Å². The fourth-order valence-electron chi connectivity index (χ4n) is 2.78. The average Bonchev–Trinajstić information content (AvgIpc) is 2.60. The molecule has 0 unspecified atom stereocenters. The van der Waals surface area contributed by atoms with Crippen molar-refractivity contribution in [1.82, 2.24) is 4.90 Å². The van der Waals surface area contributed by atoms with Gasteiger partial charge in [-0.3, -0.25) is 0 Å². The van der Waals surface area contributed by atoms with Gasteiger partial charge in [-0.05, 0) is 47.7 Å². The minimum absolute atomic E-state index is 0.201. The normalized spacial score (nSPS) is 11.3. The molecular formula is C21H28N2O4S. The van der Waals surface area contributed by atoms with Crippen LogP contribution in [-0.2, 0) is 23.1 Å². The highest BCUT2D eigenvalue weighted by Crippen LogP contribution is 2.18. The van der Waals surface area contributed by atoms with E-state index in [2.05, 4.69) is 12.2 Å². The second kappa shape index (κ2) is 9.59. The van der Waals surface area contributed by atoms with Gasteiger partial charge in [-0.1, -0.05) is 45.0 Å². The van der Waals surface area contributed by atoms with Crippen molar-refractivity contribution in [2.75, 3.05) is 18.1 Å². The monoisotopic (exact) mass is 404 g/mol. The Morgan fingerprint density at radius 1 is 1.11 bits per heavy atom. The van der Waals surface area contributed by atoms with Crippen molar-refractivity contribution >= 4 is 21.8 Å². The number of benzene rings is 2. The zero-order valence-corrected chi connectivity index (χ0v) is 17.6. The molecule has 152 valence electrons. The van der Waals surface area contributed by atoms with E-state index in [0.717, 1.165) is 23.9 Å². The molecule has 7 heteroatoms.